The van der Waals surface area contributed by atoms with Crippen molar-refractivity contribution >= 4 is 57.1 Å². The van der Waals surface area contributed by atoms with Crippen molar-refractivity contribution in [1.82, 2.24) is 0 Å². The number of hydrogen-bond acceptors (Lipinski definition) is 16. The summed E-state index contributed by atoms with van der Waals surface area (Å²) in [7, 11) is -10.2. The fourth-order valence-corrected chi connectivity index (χ4v) is 11.2. The molecule has 0 amide bonds. The zero-order valence-corrected chi connectivity index (χ0v) is 52.3. The van der Waals surface area contributed by atoms with E-state index in [2.05, 4.69) is 135 Å². The molecule has 4 rings (SSSR count). The third-order valence-electron chi connectivity index (χ3n) is 15.5. The third-order valence-corrected chi connectivity index (χ3v) is 32.9. The lowest BCUT2D eigenvalue weighted by molar-refractivity contribution is -0.329. The van der Waals surface area contributed by atoms with Gasteiger partial charge >= 0.3 is 23.9 Å². The number of esters is 4. The van der Waals surface area contributed by atoms with Crippen LogP contribution in [0.2, 0.25) is 72.5 Å². The van der Waals surface area contributed by atoms with E-state index in [0.717, 1.165) is 20.8 Å². The lowest BCUT2D eigenvalue weighted by Crippen LogP contribution is -2.63. The molecule has 0 unspecified atom stereocenters. The van der Waals surface area contributed by atoms with Gasteiger partial charge in [0.1, 0.15) is 53.7 Å². The topological polar surface area (TPSA) is 190 Å². The van der Waals surface area contributed by atoms with Gasteiger partial charge in [0.25, 0.3) is 16.6 Å². The Morgan fingerprint density at radius 1 is 0.534 bits per heavy atom. The summed E-state index contributed by atoms with van der Waals surface area (Å²) in [6.45, 7) is 47.0. The molecule has 73 heavy (non-hydrogen) atoms. The van der Waals surface area contributed by atoms with E-state index in [1.54, 1.807) is 12.1 Å². The molecule has 0 saturated carbocycles. The van der Waals surface area contributed by atoms with Crippen molar-refractivity contribution in [3.8, 4) is 28.7 Å². The Bertz CT molecular complexity index is 2320. The van der Waals surface area contributed by atoms with Gasteiger partial charge in [-0.3, -0.25) is 19.2 Å². The maximum atomic E-state index is 13.2. The molecule has 0 aliphatic carbocycles. The Morgan fingerprint density at radius 2 is 0.973 bits per heavy atom. The molecule has 0 bridgehead atoms. The fourth-order valence-electron chi connectivity index (χ4n) is 7.10. The van der Waals surface area contributed by atoms with E-state index in [0.29, 0.717) is 28.6 Å². The number of carbonyl (C=O) groups is 4. The smallest absolute Gasteiger partial charge is 0.303 e. The van der Waals surface area contributed by atoms with Gasteiger partial charge in [-0.2, -0.15) is 0 Å². The highest BCUT2D eigenvalue weighted by Gasteiger charge is 2.56. The van der Waals surface area contributed by atoms with Gasteiger partial charge in [-0.15, -0.1) is 0 Å². The first kappa shape index (κ1) is 61.6. The minimum atomic E-state index is -2.68. The van der Waals surface area contributed by atoms with Crippen LogP contribution in [0.4, 0.5) is 0 Å². The highest BCUT2D eigenvalue weighted by Crippen LogP contribution is 2.53. The van der Waals surface area contributed by atoms with Crippen molar-refractivity contribution in [2.24, 2.45) is 0 Å². The molecule has 0 aromatic heterocycles. The summed E-state index contributed by atoms with van der Waals surface area (Å²) >= 11 is 0. The van der Waals surface area contributed by atoms with Gasteiger partial charge in [0.05, 0.1) is 5.56 Å². The normalized spacial score (nSPS) is 23.2. The molecular formula is C53H88O16Si4. The Morgan fingerprint density at radius 3 is 1.44 bits per heavy atom. The summed E-state index contributed by atoms with van der Waals surface area (Å²) in [6.07, 6.45) is -11.8. The average Bonchev–Trinajstić information content (AvgIpc) is 3.18. The van der Waals surface area contributed by atoms with Crippen LogP contribution in [0.3, 0.4) is 0 Å². The van der Waals surface area contributed by atoms with Crippen LogP contribution in [-0.2, 0) is 47.6 Å². The van der Waals surface area contributed by atoms with Crippen LogP contribution in [0.15, 0.2) is 30.3 Å². The molecular weight excluding hydrogens is 1000 g/mol. The molecule has 1 fully saturated rings. The van der Waals surface area contributed by atoms with Gasteiger partial charge in [0.2, 0.25) is 16.6 Å². The van der Waals surface area contributed by atoms with Crippen LogP contribution >= 0.6 is 0 Å². The predicted molar refractivity (Wildman–Crippen MR) is 289 cm³/mol. The van der Waals surface area contributed by atoms with E-state index in [4.69, 9.17) is 50.9 Å². The van der Waals surface area contributed by atoms with Gasteiger partial charge in [0, 0.05) is 39.8 Å². The molecule has 0 radical (unpaired) electrons. The number of rotatable bonds is 16. The van der Waals surface area contributed by atoms with E-state index in [9.17, 15) is 24.3 Å². The van der Waals surface area contributed by atoms with Crippen molar-refractivity contribution in [3.05, 3.63) is 41.5 Å². The van der Waals surface area contributed by atoms with Crippen LogP contribution in [-0.4, -0.2) is 106 Å². The molecule has 2 aliphatic rings. The van der Waals surface area contributed by atoms with Crippen molar-refractivity contribution in [3.63, 3.8) is 0 Å². The van der Waals surface area contributed by atoms with Crippen LogP contribution in [0.5, 0.6) is 28.7 Å². The molecule has 2 heterocycles. The summed E-state index contributed by atoms with van der Waals surface area (Å²) in [4.78, 5) is 50.8. The van der Waals surface area contributed by atoms with Crippen molar-refractivity contribution in [2.75, 3.05) is 6.61 Å². The molecule has 20 heteroatoms. The van der Waals surface area contributed by atoms with Crippen LogP contribution < -0.4 is 22.4 Å². The molecule has 1 saturated heterocycles. The molecule has 412 valence electrons. The first-order valence-electron chi connectivity index (χ1n) is 25.3. The monoisotopic (exact) mass is 1090 g/mol. The Balaban J connectivity index is 2.13. The zero-order chi connectivity index (χ0) is 56.0. The quantitative estimate of drug-likeness (QED) is 0.0948. The number of aliphatic hydroxyl groups excluding tert-OH is 1. The van der Waals surface area contributed by atoms with Crippen LogP contribution in [0, 0.1) is 0 Å². The van der Waals surface area contributed by atoms with Gasteiger partial charge in [-0.05, 0) is 90.2 Å². The molecule has 8 atom stereocenters. The predicted octanol–water partition coefficient (Wildman–Crippen LogP) is 11.9. The van der Waals surface area contributed by atoms with Crippen molar-refractivity contribution in [2.45, 2.75) is 232 Å². The number of aliphatic hydroxyl groups is 1. The second-order valence-electron chi connectivity index (χ2n) is 25.6. The standard InChI is InChI=1S/C53H88O16Si4/c1-31(54)59-30-41-45(60-32(2)55)47(61-33(3)56)48(62-34(4)57)49(64-41)65-46-43(58)42-39(28-36(66-70(17,18)50(5,6)7)29-40(42)69-73(23,24)53(14,15)16)63-44(46)35-25-26-37(67-71(19,20)51(8,9)10)38(27-35)68-72(21,22)52(11,12)13/h25-29,41,43-49,58H,30H2,1-24H3/t41-,43+,44-,45-,46+,47+,48-,49+/m1/s1. The summed E-state index contributed by atoms with van der Waals surface area (Å²) in [5.74, 6) is -0.924. The van der Waals surface area contributed by atoms with E-state index in [1.165, 1.54) is 6.92 Å². The summed E-state index contributed by atoms with van der Waals surface area (Å²) in [5, 5.41) is 12.4. The fraction of sp³-hybridized carbons (Fsp3) is 0.698. The Kier molecular flexibility index (Phi) is 18.5. The number of ether oxygens (including phenoxy) is 7. The number of fused-ring (bicyclic) bond motifs is 1. The second-order valence-corrected chi connectivity index (χ2v) is 44.5. The molecule has 2 aromatic carbocycles. The lowest BCUT2D eigenvalue weighted by atomic mass is 9.90. The van der Waals surface area contributed by atoms with Crippen molar-refractivity contribution < 1.29 is 75.1 Å². The zero-order valence-electron chi connectivity index (χ0n) is 48.3. The minimum absolute atomic E-state index is 0.155. The SMILES string of the molecule is CC(=O)OC[C@H]1O[C@@H](O[C@@H]2[C@@H](c3ccc(O[Si](C)(C)C(C)(C)C)c(O[Si](C)(C)C(C)(C)C)c3)Oc3cc(O[Si](C)(C)C(C)(C)C)cc(O[Si](C)(C)C(C)(C)C)c3[C@@H]2O)[C@H](OC(C)=O)[C@@H](OC(C)=O)[C@@H]1OC(C)=O. The first-order chi connectivity index (χ1) is 32.9. The van der Waals surface area contributed by atoms with E-state index >= 15 is 0 Å². The van der Waals surface area contributed by atoms with Gasteiger partial charge in [-0.25, -0.2) is 0 Å². The lowest BCUT2D eigenvalue weighted by Gasteiger charge is -2.47. The summed E-state index contributed by atoms with van der Waals surface area (Å²) < 4.78 is 71.5. The van der Waals surface area contributed by atoms with Gasteiger partial charge in [0.15, 0.2) is 30.7 Å². The highest BCUT2D eigenvalue weighted by molar-refractivity contribution is 6.76. The Labute approximate surface area is 439 Å². The van der Waals surface area contributed by atoms with E-state index < -0.39 is 113 Å². The number of benzene rings is 2. The first-order valence-corrected chi connectivity index (χ1v) is 36.9. The van der Waals surface area contributed by atoms with E-state index in [-0.39, 0.29) is 31.5 Å². The summed E-state index contributed by atoms with van der Waals surface area (Å²) in [5.41, 5.74) is 0.786. The Hall–Kier alpha value is -3.93. The molecule has 2 aromatic rings. The molecule has 1 N–H and O–H groups in total. The highest BCUT2D eigenvalue weighted by atomic mass is 28.4. The largest absolute Gasteiger partial charge is 0.543 e. The number of hydrogen-bond donors (Lipinski definition) is 1. The minimum Gasteiger partial charge on any atom is -0.543 e. The van der Waals surface area contributed by atoms with Crippen molar-refractivity contribution in [1.29, 1.82) is 0 Å². The van der Waals surface area contributed by atoms with E-state index in [1.807, 2.05) is 18.2 Å². The number of carbonyl (C=O) groups excluding carboxylic acids is 4. The van der Waals surface area contributed by atoms with Crippen LogP contribution in [0.1, 0.15) is 134 Å². The van der Waals surface area contributed by atoms with Crippen LogP contribution in [0.25, 0.3) is 0 Å². The van der Waals surface area contributed by atoms with Gasteiger partial charge in [-0.1, -0.05) is 89.2 Å². The molecule has 0 spiro atoms. The summed E-state index contributed by atoms with van der Waals surface area (Å²) in [6, 6.07) is 9.14. The molecule has 16 nitrogen and oxygen atoms in total. The average molecular weight is 1090 g/mol. The molecule has 2 aliphatic heterocycles. The third kappa shape index (κ3) is 14.7. The maximum Gasteiger partial charge on any atom is 0.303 e. The maximum absolute atomic E-state index is 13.2. The van der Waals surface area contributed by atoms with Gasteiger partial charge < -0.3 is 56.0 Å². The second kappa shape index (κ2) is 22.0.